The van der Waals surface area contributed by atoms with Crippen molar-refractivity contribution < 1.29 is 31.9 Å². The van der Waals surface area contributed by atoms with Crippen LogP contribution in [0.25, 0.3) is 0 Å². The topological polar surface area (TPSA) is 84.7 Å². The Kier molecular flexibility index (Phi) is 4.02. The van der Waals surface area contributed by atoms with Crippen molar-refractivity contribution in [2.45, 2.75) is 12.6 Å². The Morgan fingerprint density at radius 2 is 2.21 bits per heavy atom. The molecule has 0 radical (unpaired) electrons. The van der Waals surface area contributed by atoms with Crippen LogP contribution in [0.15, 0.2) is 10.8 Å². The molecule has 2 aliphatic rings. The molecule has 2 amide bonds. The van der Waals surface area contributed by atoms with E-state index in [1.165, 1.54) is 11.9 Å². The number of likely N-dealkylation sites (tertiary alicyclic amines) is 1. The standard InChI is InChI=1S/C14H16F3N3O4/c1-18-12(22)13-2-3-23-5-8(13)4-20(6-13)11(21)9-10(14(15,16)17)24-7-19-9/h7-8H,2-6H2,1H3,(H,18,22)/t8-,13+/m1/s1. The summed E-state index contributed by atoms with van der Waals surface area (Å²) >= 11 is 0. The Morgan fingerprint density at radius 3 is 2.88 bits per heavy atom. The van der Waals surface area contributed by atoms with Gasteiger partial charge in [0.25, 0.3) is 5.91 Å². The van der Waals surface area contributed by atoms with Crippen molar-refractivity contribution in [3.8, 4) is 0 Å². The molecule has 0 spiro atoms. The fourth-order valence-corrected chi connectivity index (χ4v) is 3.47. The van der Waals surface area contributed by atoms with E-state index in [-0.39, 0.29) is 31.5 Å². The van der Waals surface area contributed by atoms with Crippen LogP contribution in [-0.2, 0) is 15.7 Å². The van der Waals surface area contributed by atoms with Gasteiger partial charge in [-0.1, -0.05) is 0 Å². The number of alkyl halides is 3. The third kappa shape index (κ3) is 2.54. The highest BCUT2D eigenvalue weighted by Crippen LogP contribution is 2.43. The molecular formula is C14H16F3N3O4. The molecule has 0 aromatic carbocycles. The molecule has 2 atom stereocenters. The Morgan fingerprint density at radius 1 is 1.46 bits per heavy atom. The highest BCUT2D eigenvalue weighted by Gasteiger charge is 2.55. The highest BCUT2D eigenvalue weighted by atomic mass is 19.4. The first-order valence-electron chi connectivity index (χ1n) is 7.39. The molecule has 0 saturated carbocycles. The van der Waals surface area contributed by atoms with Crippen LogP contribution in [0.5, 0.6) is 0 Å². The minimum absolute atomic E-state index is 0.0314. The quantitative estimate of drug-likeness (QED) is 0.860. The van der Waals surface area contributed by atoms with E-state index in [1.54, 1.807) is 0 Å². The number of nitrogens with one attached hydrogen (secondary N) is 1. The van der Waals surface area contributed by atoms with Crippen LogP contribution in [0.4, 0.5) is 13.2 Å². The van der Waals surface area contributed by atoms with Crippen molar-refractivity contribution >= 4 is 11.8 Å². The zero-order valence-electron chi connectivity index (χ0n) is 12.9. The van der Waals surface area contributed by atoms with Crippen LogP contribution in [-0.4, -0.2) is 55.0 Å². The number of fused-ring (bicyclic) bond motifs is 1. The maximum absolute atomic E-state index is 12.9. The summed E-state index contributed by atoms with van der Waals surface area (Å²) in [6.07, 6.45) is -3.81. The predicted molar refractivity (Wildman–Crippen MR) is 72.8 cm³/mol. The first kappa shape index (κ1) is 16.7. The van der Waals surface area contributed by atoms with Crippen molar-refractivity contribution in [3.63, 3.8) is 0 Å². The lowest BCUT2D eigenvalue weighted by Gasteiger charge is -2.36. The van der Waals surface area contributed by atoms with E-state index in [9.17, 15) is 22.8 Å². The third-order valence-electron chi connectivity index (χ3n) is 4.70. The van der Waals surface area contributed by atoms with Crippen molar-refractivity contribution in [1.82, 2.24) is 15.2 Å². The minimum Gasteiger partial charge on any atom is -0.438 e. The van der Waals surface area contributed by atoms with E-state index in [2.05, 4.69) is 14.7 Å². The second kappa shape index (κ2) is 5.76. The molecule has 1 aromatic heterocycles. The van der Waals surface area contributed by atoms with Crippen LogP contribution in [0, 0.1) is 11.3 Å². The number of oxazole rings is 1. The molecule has 24 heavy (non-hydrogen) atoms. The number of amides is 2. The van der Waals surface area contributed by atoms with Gasteiger partial charge < -0.3 is 19.4 Å². The van der Waals surface area contributed by atoms with Gasteiger partial charge in [-0.2, -0.15) is 13.2 Å². The zero-order valence-corrected chi connectivity index (χ0v) is 12.9. The number of halogens is 3. The number of ether oxygens (including phenoxy) is 1. The lowest BCUT2D eigenvalue weighted by molar-refractivity contribution is -0.153. The van der Waals surface area contributed by atoms with E-state index < -0.39 is 29.0 Å². The molecule has 3 rings (SSSR count). The molecule has 1 N–H and O–H groups in total. The summed E-state index contributed by atoms with van der Waals surface area (Å²) in [4.78, 5) is 29.5. The Balaban J connectivity index is 1.88. The average molecular weight is 347 g/mol. The third-order valence-corrected chi connectivity index (χ3v) is 4.70. The summed E-state index contributed by atoms with van der Waals surface area (Å²) < 4.78 is 48.4. The van der Waals surface area contributed by atoms with Gasteiger partial charge in [0.1, 0.15) is 0 Å². The van der Waals surface area contributed by atoms with Crippen molar-refractivity contribution in [3.05, 3.63) is 17.8 Å². The number of aromatic nitrogens is 1. The van der Waals surface area contributed by atoms with Crippen LogP contribution < -0.4 is 5.32 Å². The fourth-order valence-electron chi connectivity index (χ4n) is 3.47. The Hall–Kier alpha value is -2.10. The number of hydrogen-bond donors (Lipinski definition) is 1. The second-order valence-electron chi connectivity index (χ2n) is 5.97. The summed E-state index contributed by atoms with van der Waals surface area (Å²) in [6, 6.07) is 0. The van der Waals surface area contributed by atoms with Gasteiger partial charge in [-0.3, -0.25) is 9.59 Å². The lowest BCUT2D eigenvalue weighted by atomic mass is 9.73. The molecule has 132 valence electrons. The van der Waals surface area contributed by atoms with E-state index in [0.717, 1.165) is 0 Å². The maximum Gasteiger partial charge on any atom is 0.452 e. The molecule has 7 nitrogen and oxygen atoms in total. The van der Waals surface area contributed by atoms with Crippen molar-refractivity contribution in [2.24, 2.45) is 11.3 Å². The molecular weight excluding hydrogens is 331 g/mol. The van der Waals surface area contributed by atoms with Crippen LogP contribution in [0.1, 0.15) is 22.7 Å². The van der Waals surface area contributed by atoms with E-state index >= 15 is 0 Å². The predicted octanol–water partition coefficient (Wildman–Crippen LogP) is 0.918. The first-order valence-corrected chi connectivity index (χ1v) is 7.39. The summed E-state index contributed by atoms with van der Waals surface area (Å²) in [6.45, 7) is 0.811. The molecule has 10 heteroatoms. The molecule has 1 aromatic rings. The van der Waals surface area contributed by atoms with Gasteiger partial charge >= 0.3 is 6.18 Å². The van der Waals surface area contributed by atoms with Gasteiger partial charge in [-0.05, 0) is 6.42 Å². The summed E-state index contributed by atoms with van der Waals surface area (Å²) in [7, 11) is 1.49. The number of rotatable bonds is 2. The normalized spacial score (nSPS) is 27.0. The molecule has 0 unspecified atom stereocenters. The Labute approximate surface area is 135 Å². The fraction of sp³-hybridized carbons (Fsp3) is 0.643. The van der Waals surface area contributed by atoms with Crippen LogP contribution in [0.3, 0.4) is 0 Å². The molecule has 3 heterocycles. The smallest absolute Gasteiger partial charge is 0.438 e. The second-order valence-corrected chi connectivity index (χ2v) is 5.97. The SMILES string of the molecule is CNC(=O)[C@]12CCOC[C@H]1CN(C(=O)c1ncoc1C(F)(F)F)C2. The number of nitrogens with zero attached hydrogens (tertiary/aromatic N) is 2. The number of carbonyl (C=O) groups excluding carboxylic acids is 2. The first-order chi connectivity index (χ1) is 11.3. The summed E-state index contributed by atoms with van der Waals surface area (Å²) in [5.41, 5.74) is -1.63. The summed E-state index contributed by atoms with van der Waals surface area (Å²) in [5, 5.41) is 2.58. The Bertz CT molecular complexity index is 660. The highest BCUT2D eigenvalue weighted by molar-refractivity contribution is 5.95. The largest absolute Gasteiger partial charge is 0.452 e. The van der Waals surface area contributed by atoms with Gasteiger partial charge in [0.2, 0.25) is 11.7 Å². The zero-order chi connectivity index (χ0) is 17.5. The molecule has 2 fully saturated rings. The molecule has 2 saturated heterocycles. The number of hydrogen-bond acceptors (Lipinski definition) is 5. The van der Waals surface area contributed by atoms with Gasteiger partial charge in [-0.15, -0.1) is 0 Å². The minimum atomic E-state index is -4.81. The average Bonchev–Trinajstić information content (AvgIpc) is 3.17. The van der Waals surface area contributed by atoms with Crippen molar-refractivity contribution in [1.29, 1.82) is 0 Å². The van der Waals surface area contributed by atoms with Gasteiger partial charge in [-0.25, -0.2) is 4.98 Å². The van der Waals surface area contributed by atoms with Gasteiger partial charge in [0, 0.05) is 32.7 Å². The summed E-state index contributed by atoms with van der Waals surface area (Å²) in [5.74, 6) is -2.82. The molecule has 2 aliphatic heterocycles. The van der Waals surface area contributed by atoms with E-state index in [1.807, 2.05) is 0 Å². The van der Waals surface area contributed by atoms with Crippen LogP contribution >= 0.6 is 0 Å². The van der Waals surface area contributed by atoms with Crippen molar-refractivity contribution in [2.75, 3.05) is 33.4 Å². The number of carbonyl (C=O) groups is 2. The van der Waals surface area contributed by atoms with Gasteiger partial charge in [0.15, 0.2) is 12.1 Å². The maximum atomic E-state index is 12.9. The lowest BCUT2D eigenvalue weighted by Crippen LogP contribution is -2.49. The van der Waals surface area contributed by atoms with E-state index in [0.29, 0.717) is 19.4 Å². The molecule has 0 aliphatic carbocycles. The monoisotopic (exact) mass is 347 g/mol. The van der Waals surface area contributed by atoms with Gasteiger partial charge in [0.05, 0.1) is 12.0 Å². The molecule has 0 bridgehead atoms. The van der Waals surface area contributed by atoms with E-state index in [4.69, 9.17) is 4.74 Å². The van der Waals surface area contributed by atoms with Crippen LogP contribution in [0.2, 0.25) is 0 Å².